The van der Waals surface area contributed by atoms with Gasteiger partial charge in [0.2, 0.25) is 0 Å². The van der Waals surface area contributed by atoms with Gasteiger partial charge < -0.3 is 4.57 Å². The Kier molecular flexibility index (Phi) is 1.07. The van der Waals surface area contributed by atoms with E-state index in [2.05, 4.69) is 15.6 Å². The van der Waals surface area contributed by atoms with Crippen molar-refractivity contribution in [3.63, 3.8) is 0 Å². The summed E-state index contributed by atoms with van der Waals surface area (Å²) < 4.78 is 3.64. The summed E-state index contributed by atoms with van der Waals surface area (Å²) in [6.45, 7) is 0.843. The van der Waals surface area contributed by atoms with E-state index in [4.69, 9.17) is 0 Å². The summed E-state index contributed by atoms with van der Waals surface area (Å²) in [5.41, 5.74) is 1.75. The third kappa shape index (κ3) is 0.744. The molecular formula is C9H7N3O. The second-order valence-corrected chi connectivity index (χ2v) is 3.02. The van der Waals surface area contributed by atoms with Gasteiger partial charge in [0.1, 0.15) is 5.65 Å². The van der Waals surface area contributed by atoms with Crippen LogP contribution in [-0.4, -0.2) is 14.0 Å². The quantitative estimate of drug-likeness (QED) is 0.582. The second kappa shape index (κ2) is 2.10. The molecule has 2 aromatic heterocycles. The Morgan fingerprint density at radius 3 is 3.31 bits per heavy atom. The van der Waals surface area contributed by atoms with Crippen LogP contribution in [0.2, 0.25) is 0 Å². The van der Waals surface area contributed by atoms with Gasteiger partial charge in [0.25, 0.3) is 0 Å². The summed E-state index contributed by atoms with van der Waals surface area (Å²) in [7, 11) is 0. The highest BCUT2D eigenvalue weighted by molar-refractivity contribution is 5.56. The van der Waals surface area contributed by atoms with Crippen molar-refractivity contribution in [3.8, 4) is 0 Å². The van der Waals surface area contributed by atoms with Crippen molar-refractivity contribution < 1.29 is 0 Å². The molecule has 0 aliphatic carbocycles. The molecule has 4 heteroatoms. The average molecular weight is 173 g/mol. The molecule has 0 fully saturated rings. The van der Waals surface area contributed by atoms with Gasteiger partial charge in [-0.15, -0.1) is 0 Å². The molecule has 64 valence electrons. The van der Waals surface area contributed by atoms with Crippen LogP contribution in [-0.2, 0) is 6.54 Å². The Morgan fingerprint density at radius 2 is 2.38 bits per heavy atom. The second-order valence-electron chi connectivity index (χ2n) is 3.02. The normalized spacial score (nSPS) is 13.8. The molecule has 0 amide bonds. The standard InChI is InChI=1S/C9H7N3O/c13-9-10-4-3-8-11-5-1-2-7(11)6-12(8)9/h1-4,6H,5H2. The maximum absolute atomic E-state index is 11.3. The van der Waals surface area contributed by atoms with Crippen molar-refractivity contribution in [1.29, 1.82) is 0 Å². The molecule has 0 saturated carbocycles. The molecule has 3 heterocycles. The fraction of sp³-hybridized carbons (Fsp3) is 0.111. The molecule has 0 N–H and O–H groups in total. The maximum atomic E-state index is 11.3. The van der Waals surface area contributed by atoms with Gasteiger partial charge in [-0.05, 0) is 12.1 Å². The Labute approximate surface area is 73.8 Å². The van der Waals surface area contributed by atoms with E-state index in [1.54, 1.807) is 10.6 Å². The van der Waals surface area contributed by atoms with Crippen LogP contribution in [0, 0.1) is 0 Å². The lowest BCUT2D eigenvalue weighted by atomic mass is 10.5. The fourth-order valence-corrected chi connectivity index (χ4v) is 1.69. The molecule has 0 unspecified atom stereocenters. The average Bonchev–Trinajstić information content (AvgIpc) is 2.65. The maximum Gasteiger partial charge on any atom is 0.353 e. The fourth-order valence-electron chi connectivity index (χ4n) is 1.69. The van der Waals surface area contributed by atoms with Crippen molar-refractivity contribution in [1.82, 2.24) is 14.0 Å². The summed E-state index contributed by atoms with van der Waals surface area (Å²) in [5, 5.41) is 0. The van der Waals surface area contributed by atoms with Gasteiger partial charge in [-0.2, -0.15) is 0 Å². The van der Waals surface area contributed by atoms with Crippen molar-refractivity contribution in [2.75, 3.05) is 0 Å². The molecule has 0 radical (unpaired) electrons. The van der Waals surface area contributed by atoms with Gasteiger partial charge in [0.15, 0.2) is 0 Å². The summed E-state index contributed by atoms with van der Waals surface area (Å²) in [5.74, 6) is 0. The van der Waals surface area contributed by atoms with Gasteiger partial charge in [0, 0.05) is 18.9 Å². The van der Waals surface area contributed by atoms with Crippen molar-refractivity contribution in [2.24, 2.45) is 0 Å². The van der Waals surface area contributed by atoms with Gasteiger partial charge in [0.05, 0.1) is 5.69 Å². The van der Waals surface area contributed by atoms with E-state index in [0.29, 0.717) is 0 Å². The molecule has 13 heavy (non-hydrogen) atoms. The summed E-state index contributed by atoms with van der Waals surface area (Å²) in [6, 6.07) is 1.85. The van der Waals surface area contributed by atoms with Gasteiger partial charge in [-0.25, -0.2) is 9.78 Å². The first-order valence-electron chi connectivity index (χ1n) is 4.10. The zero-order valence-electron chi connectivity index (χ0n) is 6.84. The van der Waals surface area contributed by atoms with Crippen LogP contribution in [0.5, 0.6) is 0 Å². The highest BCUT2D eigenvalue weighted by atomic mass is 16.1. The molecule has 4 nitrogen and oxygen atoms in total. The number of aromatic nitrogens is 3. The first kappa shape index (κ1) is 6.65. The number of allylic oxidation sites excluding steroid dienone is 1. The smallest absolute Gasteiger partial charge is 0.322 e. The molecule has 0 atom stereocenters. The minimum absolute atomic E-state index is 0.215. The third-order valence-electron chi connectivity index (χ3n) is 2.29. The predicted octanol–water partition coefficient (Wildman–Crippen LogP) is 0.523. The monoisotopic (exact) mass is 173 g/mol. The summed E-state index contributed by atoms with van der Waals surface area (Å²) in [4.78, 5) is 15.0. The molecule has 3 rings (SSSR count). The van der Waals surface area contributed by atoms with Gasteiger partial charge in [-0.1, -0.05) is 6.08 Å². The van der Waals surface area contributed by atoms with Crippen molar-refractivity contribution in [2.45, 2.75) is 6.54 Å². The number of fused-ring (bicyclic) bond motifs is 3. The Bertz CT molecular complexity index is 562. The molecule has 1 aliphatic heterocycles. The van der Waals surface area contributed by atoms with Gasteiger partial charge in [-0.3, -0.25) is 4.40 Å². The molecule has 1 aliphatic rings. The SMILES string of the molecule is O=c1nccc2n3c(cn12)C=CC3. The summed E-state index contributed by atoms with van der Waals surface area (Å²) in [6.07, 6.45) is 7.43. The van der Waals surface area contributed by atoms with E-state index in [0.717, 1.165) is 17.9 Å². The molecule has 0 bridgehead atoms. The van der Waals surface area contributed by atoms with E-state index in [1.807, 2.05) is 18.3 Å². The molecule has 0 aromatic carbocycles. The van der Waals surface area contributed by atoms with Gasteiger partial charge >= 0.3 is 5.69 Å². The number of hydrogen-bond acceptors (Lipinski definition) is 2. The first-order valence-corrected chi connectivity index (χ1v) is 4.10. The lowest BCUT2D eigenvalue weighted by molar-refractivity contribution is 0.861. The Balaban J connectivity index is 2.56. The van der Waals surface area contributed by atoms with E-state index < -0.39 is 0 Å². The van der Waals surface area contributed by atoms with Crippen LogP contribution in [0.1, 0.15) is 5.69 Å². The van der Waals surface area contributed by atoms with Crippen LogP contribution in [0.15, 0.2) is 29.3 Å². The molecule has 0 spiro atoms. The minimum Gasteiger partial charge on any atom is -0.322 e. The van der Waals surface area contributed by atoms with Crippen LogP contribution < -0.4 is 5.69 Å². The molecule has 2 aromatic rings. The number of rotatable bonds is 0. The zero-order valence-corrected chi connectivity index (χ0v) is 6.84. The number of nitrogens with zero attached hydrogens (tertiary/aromatic N) is 3. The van der Waals surface area contributed by atoms with Crippen LogP contribution in [0.4, 0.5) is 0 Å². The molecular weight excluding hydrogens is 166 g/mol. The zero-order chi connectivity index (χ0) is 8.84. The van der Waals surface area contributed by atoms with E-state index in [1.165, 1.54) is 0 Å². The van der Waals surface area contributed by atoms with Crippen molar-refractivity contribution in [3.05, 3.63) is 40.7 Å². The topological polar surface area (TPSA) is 39.3 Å². The van der Waals surface area contributed by atoms with E-state index in [-0.39, 0.29) is 5.69 Å². The lowest BCUT2D eigenvalue weighted by Crippen LogP contribution is -2.14. The third-order valence-corrected chi connectivity index (χ3v) is 2.29. The highest BCUT2D eigenvalue weighted by Gasteiger charge is 2.09. The number of imidazole rings is 1. The first-order chi connectivity index (χ1) is 6.36. The highest BCUT2D eigenvalue weighted by Crippen LogP contribution is 2.15. The number of hydrogen-bond donors (Lipinski definition) is 0. The molecule has 0 saturated heterocycles. The minimum atomic E-state index is -0.215. The van der Waals surface area contributed by atoms with Crippen LogP contribution in [0.25, 0.3) is 11.7 Å². The Morgan fingerprint density at radius 1 is 1.46 bits per heavy atom. The van der Waals surface area contributed by atoms with E-state index >= 15 is 0 Å². The van der Waals surface area contributed by atoms with Crippen LogP contribution >= 0.6 is 0 Å². The van der Waals surface area contributed by atoms with Crippen LogP contribution in [0.3, 0.4) is 0 Å². The summed E-state index contributed by atoms with van der Waals surface area (Å²) >= 11 is 0. The Hall–Kier alpha value is -1.84. The van der Waals surface area contributed by atoms with Crippen molar-refractivity contribution >= 4 is 11.7 Å². The largest absolute Gasteiger partial charge is 0.353 e. The lowest BCUT2D eigenvalue weighted by Gasteiger charge is -1.97. The van der Waals surface area contributed by atoms with E-state index in [9.17, 15) is 4.79 Å². The predicted molar refractivity (Wildman–Crippen MR) is 48.5 cm³/mol.